The van der Waals surface area contributed by atoms with Crippen LogP contribution in [0.3, 0.4) is 0 Å². The predicted octanol–water partition coefficient (Wildman–Crippen LogP) is 2.55. The molecular weight excluding hydrogens is 358 g/mol. The second-order valence-corrected chi connectivity index (χ2v) is 6.73. The molecule has 8 heteroatoms. The van der Waals surface area contributed by atoms with Crippen molar-refractivity contribution >= 4 is 23.5 Å². The molecular formula is C18H20ClN3O4. The normalized spacial score (nSPS) is 17.1. The zero-order valence-corrected chi connectivity index (χ0v) is 14.9. The van der Waals surface area contributed by atoms with Crippen molar-refractivity contribution < 1.29 is 19.4 Å². The highest BCUT2D eigenvalue weighted by Gasteiger charge is 2.24. The Kier molecular flexibility index (Phi) is 5.78. The lowest BCUT2D eigenvalue weighted by atomic mass is 9.99. The number of hydrogen-bond donors (Lipinski definition) is 1. The number of halogens is 1. The van der Waals surface area contributed by atoms with Crippen molar-refractivity contribution in [3.8, 4) is 5.75 Å². The lowest BCUT2D eigenvalue weighted by Gasteiger charge is -2.32. The summed E-state index contributed by atoms with van der Waals surface area (Å²) in [6, 6.07) is 7.32. The maximum atomic E-state index is 12.5. The number of piperidine rings is 1. The monoisotopic (exact) mass is 377 g/mol. The largest absolute Gasteiger partial charge is 0.492 e. The number of carboxylic acid groups (broad SMARTS) is 1. The summed E-state index contributed by atoms with van der Waals surface area (Å²) in [6.07, 6.45) is 4.50. The molecule has 0 radical (unpaired) electrons. The SMILES string of the molecule is O=C(O)c1cnn(CC(=O)N2CCCC(COc3ccccc3Cl)C2)c1. The molecule has 1 aromatic carbocycles. The van der Waals surface area contributed by atoms with Crippen LogP contribution in [-0.4, -0.2) is 51.4 Å². The van der Waals surface area contributed by atoms with E-state index in [4.69, 9.17) is 21.4 Å². The van der Waals surface area contributed by atoms with Crippen LogP contribution >= 0.6 is 11.6 Å². The smallest absolute Gasteiger partial charge is 0.338 e. The van der Waals surface area contributed by atoms with Crippen LogP contribution in [0.15, 0.2) is 36.7 Å². The molecule has 0 saturated carbocycles. The lowest BCUT2D eigenvalue weighted by Crippen LogP contribution is -2.43. The van der Waals surface area contributed by atoms with Crippen molar-refractivity contribution in [2.75, 3.05) is 19.7 Å². The van der Waals surface area contributed by atoms with Crippen molar-refractivity contribution in [1.82, 2.24) is 14.7 Å². The van der Waals surface area contributed by atoms with Gasteiger partial charge in [0.2, 0.25) is 5.91 Å². The van der Waals surface area contributed by atoms with Crippen molar-refractivity contribution in [1.29, 1.82) is 0 Å². The van der Waals surface area contributed by atoms with Crippen LogP contribution < -0.4 is 4.74 Å². The van der Waals surface area contributed by atoms with E-state index in [9.17, 15) is 9.59 Å². The van der Waals surface area contributed by atoms with Crippen LogP contribution in [0, 0.1) is 5.92 Å². The lowest BCUT2D eigenvalue weighted by molar-refractivity contribution is -0.134. The van der Waals surface area contributed by atoms with Gasteiger partial charge in [-0.15, -0.1) is 0 Å². The summed E-state index contributed by atoms with van der Waals surface area (Å²) >= 11 is 6.09. The van der Waals surface area contributed by atoms with E-state index in [2.05, 4.69) is 5.10 Å². The van der Waals surface area contributed by atoms with Gasteiger partial charge < -0.3 is 14.7 Å². The molecule has 1 aromatic heterocycles. The summed E-state index contributed by atoms with van der Waals surface area (Å²) in [5, 5.41) is 13.4. The van der Waals surface area contributed by atoms with Crippen LogP contribution in [0.25, 0.3) is 0 Å². The molecule has 1 unspecified atom stereocenters. The molecule has 1 atom stereocenters. The molecule has 1 amide bonds. The van der Waals surface area contributed by atoms with Gasteiger partial charge >= 0.3 is 5.97 Å². The van der Waals surface area contributed by atoms with Crippen LogP contribution in [0.1, 0.15) is 23.2 Å². The van der Waals surface area contributed by atoms with Crippen molar-refractivity contribution in [3.05, 3.63) is 47.2 Å². The number of ether oxygens (including phenoxy) is 1. The molecule has 1 N–H and O–H groups in total. The van der Waals surface area contributed by atoms with Gasteiger partial charge in [-0.05, 0) is 25.0 Å². The summed E-state index contributed by atoms with van der Waals surface area (Å²) in [4.78, 5) is 25.1. The second kappa shape index (κ2) is 8.23. The first-order valence-electron chi connectivity index (χ1n) is 8.44. The van der Waals surface area contributed by atoms with E-state index < -0.39 is 5.97 Å². The van der Waals surface area contributed by atoms with E-state index in [0.717, 1.165) is 12.8 Å². The third-order valence-corrected chi connectivity index (χ3v) is 4.67. The average molecular weight is 378 g/mol. The minimum atomic E-state index is -1.06. The molecule has 0 bridgehead atoms. The molecule has 1 aliphatic heterocycles. The Morgan fingerprint density at radius 1 is 1.35 bits per heavy atom. The standard InChI is InChI=1S/C18H20ClN3O4/c19-15-5-1-2-6-16(15)26-12-13-4-3-7-21(9-13)17(23)11-22-10-14(8-20-22)18(24)25/h1-2,5-6,8,10,13H,3-4,7,9,11-12H2,(H,24,25). The summed E-state index contributed by atoms with van der Waals surface area (Å²) in [5.41, 5.74) is 0.0717. The summed E-state index contributed by atoms with van der Waals surface area (Å²) in [6.45, 7) is 1.83. The third kappa shape index (κ3) is 4.54. The first-order chi connectivity index (χ1) is 12.5. The number of aromatic nitrogens is 2. The number of likely N-dealkylation sites (tertiary alicyclic amines) is 1. The number of carbonyl (C=O) groups is 2. The molecule has 2 heterocycles. The van der Waals surface area contributed by atoms with Gasteiger partial charge in [0.15, 0.2) is 0 Å². The maximum absolute atomic E-state index is 12.5. The molecule has 7 nitrogen and oxygen atoms in total. The zero-order valence-electron chi connectivity index (χ0n) is 14.2. The van der Waals surface area contributed by atoms with Crippen LogP contribution in [0.2, 0.25) is 5.02 Å². The number of carboxylic acids is 1. The highest BCUT2D eigenvalue weighted by Crippen LogP contribution is 2.25. The summed E-state index contributed by atoms with van der Waals surface area (Å²) in [5.74, 6) is -0.252. The number of aromatic carboxylic acids is 1. The Morgan fingerprint density at radius 2 is 2.15 bits per heavy atom. The van der Waals surface area contributed by atoms with Crippen molar-refractivity contribution in [3.63, 3.8) is 0 Å². The highest BCUT2D eigenvalue weighted by atomic mass is 35.5. The third-order valence-electron chi connectivity index (χ3n) is 4.36. The highest BCUT2D eigenvalue weighted by molar-refractivity contribution is 6.32. The number of carbonyl (C=O) groups excluding carboxylic acids is 1. The van der Waals surface area contributed by atoms with Gasteiger partial charge in [0.1, 0.15) is 12.3 Å². The molecule has 2 aromatic rings. The Morgan fingerprint density at radius 3 is 2.88 bits per heavy atom. The van der Waals surface area contributed by atoms with E-state index in [0.29, 0.717) is 30.5 Å². The van der Waals surface area contributed by atoms with Crippen molar-refractivity contribution in [2.45, 2.75) is 19.4 Å². The van der Waals surface area contributed by atoms with E-state index in [1.807, 2.05) is 18.2 Å². The number of rotatable bonds is 6. The van der Waals surface area contributed by atoms with Gasteiger partial charge in [0, 0.05) is 25.2 Å². The molecule has 0 spiro atoms. The number of amides is 1. The van der Waals surface area contributed by atoms with Gasteiger partial charge in [-0.1, -0.05) is 23.7 Å². The van der Waals surface area contributed by atoms with Crippen LogP contribution in [0.5, 0.6) is 5.75 Å². The second-order valence-electron chi connectivity index (χ2n) is 6.32. The first kappa shape index (κ1) is 18.3. The van der Waals surface area contributed by atoms with Gasteiger partial charge in [-0.3, -0.25) is 9.48 Å². The quantitative estimate of drug-likeness (QED) is 0.836. The Labute approximate surface area is 156 Å². The van der Waals surface area contributed by atoms with E-state index in [1.165, 1.54) is 17.1 Å². The minimum absolute atomic E-state index is 0.0331. The molecule has 1 fully saturated rings. The van der Waals surface area contributed by atoms with E-state index >= 15 is 0 Å². The van der Waals surface area contributed by atoms with Gasteiger partial charge in [-0.25, -0.2) is 4.79 Å². The molecule has 138 valence electrons. The predicted molar refractivity (Wildman–Crippen MR) is 95.4 cm³/mol. The first-order valence-corrected chi connectivity index (χ1v) is 8.81. The molecule has 1 aliphatic rings. The Bertz CT molecular complexity index is 792. The van der Waals surface area contributed by atoms with Gasteiger partial charge in [0.25, 0.3) is 0 Å². The number of benzene rings is 1. The summed E-state index contributed by atoms with van der Waals surface area (Å²) < 4.78 is 7.16. The van der Waals surface area contributed by atoms with Crippen LogP contribution in [0.4, 0.5) is 0 Å². The maximum Gasteiger partial charge on any atom is 0.338 e. The Hall–Kier alpha value is -2.54. The van der Waals surface area contributed by atoms with Gasteiger partial charge in [0.05, 0.1) is 23.4 Å². The molecule has 0 aliphatic carbocycles. The average Bonchev–Trinajstić information content (AvgIpc) is 3.10. The van der Waals surface area contributed by atoms with Crippen molar-refractivity contribution in [2.24, 2.45) is 5.92 Å². The fourth-order valence-electron chi connectivity index (χ4n) is 3.00. The Balaban J connectivity index is 1.53. The molecule has 1 saturated heterocycles. The molecule has 3 rings (SSSR count). The zero-order chi connectivity index (χ0) is 18.5. The van der Waals surface area contributed by atoms with Crippen LogP contribution in [-0.2, 0) is 11.3 Å². The number of para-hydroxylation sites is 1. The number of hydrogen-bond acceptors (Lipinski definition) is 4. The summed E-state index contributed by atoms with van der Waals surface area (Å²) in [7, 11) is 0. The molecule has 26 heavy (non-hydrogen) atoms. The number of nitrogens with zero attached hydrogens (tertiary/aromatic N) is 3. The van der Waals surface area contributed by atoms with E-state index in [-0.39, 0.29) is 23.9 Å². The van der Waals surface area contributed by atoms with E-state index in [1.54, 1.807) is 11.0 Å². The van der Waals surface area contributed by atoms with Gasteiger partial charge in [-0.2, -0.15) is 5.10 Å². The minimum Gasteiger partial charge on any atom is -0.492 e. The topological polar surface area (TPSA) is 84.7 Å². The fraction of sp³-hybridized carbons (Fsp3) is 0.389. The fourth-order valence-corrected chi connectivity index (χ4v) is 3.19.